The summed E-state index contributed by atoms with van der Waals surface area (Å²) in [6.07, 6.45) is 16.2. The Morgan fingerprint density at radius 2 is 1.85 bits per heavy atom. The van der Waals surface area contributed by atoms with E-state index in [0.29, 0.717) is 46.4 Å². The van der Waals surface area contributed by atoms with E-state index in [1.54, 1.807) is 39.8 Å². The highest BCUT2D eigenvalue weighted by molar-refractivity contribution is 5.79. The maximum absolute atomic E-state index is 14.5. The third-order valence-electron chi connectivity index (χ3n) is 7.62. The molecule has 0 radical (unpaired) electrons. The lowest BCUT2D eigenvalue weighted by Gasteiger charge is -2.31. The van der Waals surface area contributed by atoms with E-state index in [9.17, 15) is 14.0 Å². The highest BCUT2D eigenvalue weighted by Gasteiger charge is 2.27. The fraction of sp³-hybridized carbons (Fsp3) is 0.308. The molecule has 242 valence electrons. The zero-order valence-electron chi connectivity index (χ0n) is 27.9. The van der Waals surface area contributed by atoms with Crippen LogP contribution >= 0.6 is 0 Å². The van der Waals surface area contributed by atoms with Gasteiger partial charge < -0.3 is 9.64 Å². The van der Waals surface area contributed by atoms with E-state index in [4.69, 9.17) is 9.72 Å². The normalized spacial score (nSPS) is 13.5. The summed E-state index contributed by atoms with van der Waals surface area (Å²) >= 11 is 0. The number of amides is 1. The number of hydrogen-bond acceptors (Lipinski definition) is 4. The lowest BCUT2D eigenvalue weighted by Crippen LogP contribution is -2.50. The van der Waals surface area contributed by atoms with Crippen molar-refractivity contribution in [3.63, 3.8) is 0 Å². The summed E-state index contributed by atoms with van der Waals surface area (Å²) in [5.74, 6) is 0.659. The molecule has 46 heavy (non-hydrogen) atoms. The highest BCUT2D eigenvalue weighted by atomic mass is 19.1. The average molecular weight is 624 g/mol. The third kappa shape index (κ3) is 8.90. The second-order valence-electron chi connectivity index (χ2n) is 10.8. The van der Waals surface area contributed by atoms with E-state index in [1.165, 1.54) is 6.07 Å². The van der Waals surface area contributed by atoms with E-state index in [2.05, 4.69) is 6.58 Å². The smallest absolute Gasteiger partial charge is 0.266 e. The molecule has 1 heterocycles. The molecule has 1 aromatic heterocycles. The number of carbonyl (C=O) groups is 1. The molecule has 1 atom stereocenters. The predicted molar refractivity (Wildman–Crippen MR) is 187 cm³/mol. The van der Waals surface area contributed by atoms with E-state index in [1.807, 2.05) is 96.2 Å². The number of hydrogen-bond donors (Lipinski definition) is 0. The average Bonchev–Trinajstić information content (AvgIpc) is 3.05. The van der Waals surface area contributed by atoms with Gasteiger partial charge in [0.2, 0.25) is 5.91 Å². The van der Waals surface area contributed by atoms with Crippen molar-refractivity contribution in [2.75, 3.05) is 13.2 Å². The first-order chi connectivity index (χ1) is 22.2. The molecule has 0 saturated carbocycles. The Morgan fingerprint density at radius 3 is 2.46 bits per heavy atom. The quantitative estimate of drug-likeness (QED) is 0.188. The van der Waals surface area contributed by atoms with Crippen LogP contribution in [-0.4, -0.2) is 33.5 Å². The van der Waals surface area contributed by atoms with Crippen LogP contribution < -0.4 is 20.9 Å². The molecule has 0 aliphatic heterocycles. The Balaban J connectivity index is 2.25. The summed E-state index contributed by atoms with van der Waals surface area (Å²) in [6, 6.07) is 11.5. The number of rotatable bonds is 14. The summed E-state index contributed by atoms with van der Waals surface area (Å²) in [6.45, 7) is 16.1. The zero-order valence-corrected chi connectivity index (χ0v) is 27.9. The Morgan fingerprint density at radius 1 is 1.11 bits per heavy atom. The maximum atomic E-state index is 14.5. The monoisotopic (exact) mass is 623 g/mol. The first-order valence-corrected chi connectivity index (χ1v) is 15.9. The molecule has 6 nitrogen and oxygen atoms in total. The second kappa shape index (κ2) is 17.6. The third-order valence-corrected chi connectivity index (χ3v) is 7.62. The first-order valence-electron chi connectivity index (χ1n) is 15.9. The molecule has 3 rings (SSSR count). The van der Waals surface area contributed by atoms with Gasteiger partial charge in [-0.3, -0.25) is 14.2 Å². The van der Waals surface area contributed by atoms with Crippen LogP contribution in [0.3, 0.4) is 0 Å². The van der Waals surface area contributed by atoms with Crippen LogP contribution in [0.5, 0.6) is 5.75 Å². The number of aromatic nitrogens is 2. The fourth-order valence-corrected chi connectivity index (χ4v) is 5.23. The highest BCUT2D eigenvalue weighted by Crippen LogP contribution is 2.24. The molecular formula is C39H46FN3O3. The van der Waals surface area contributed by atoms with Gasteiger partial charge >= 0.3 is 0 Å². The number of carbonyl (C=O) groups excluding carboxylic acids is 1. The minimum Gasteiger partial charge on any atom is -0.494 e. The number of nitrogens with zero attached hydrogens (tertiary/aromatic N) is 3. The van der Waals surface area contributed by atoms with Crippen LogP contribution in [0, 0.1) is 5.82 Å². The van der Waals surface area contributed by atoms with Gasteiger partial charge in [-0.25, -0.2) is 9.37 Å². The number of halogens is 1. The van der Waals surface area contributed by atoms with Gasteiger partial charge in [0.25, 0.3) is 5.56 Å². The van der Waals surface area contributed by atoms with Crippen LogP contribution in [0.4, 0.5) is 4.39 Å². The largest absolute Gasteiger partial charge is 0.494 e. The Hall–Kier alpha value is -4.78. The number of aryl methyl sites for hydroxylation is 1. The molecule has 0 aliphatic rings. The van der Waals surface area contributed by atoms with Gasteiger partial charge in [0.1, 0.15) is 17.4 Å². The summed E-state index contributed by atoms with van der Waals surface area (Å²) in [5.41, 5.74) is 2.56. The standard InChI is InChI=1S/C39H46FN3O3/c1-8-14-15-18-29(11-4)27-42(37(44)26-30-19-24-35(40)31(25-30)16-9-2)28(7)38-41-36(12-5)34(17-10-3)39(45)43(38)32-20-22-33(23-21-32)46-13-6/h8,10-12,14-15,17-25,28H,3,9,13,16,26-27H2,1-2,4-7H3/b14-8?,18-15-,29-11+,34-17+,36-12+. The van der Waals surface area contributed by atoms with Gasteiger partial charge in [-0.2, -0.15) is 0 Å². The van der Waals surface area contributed by atoms with Gasteiger partial charge in [0, 0.05) is 6.54 Å². The van der Waals surface area contributed by atoms with Crippen LogP contribution in [0.2, 0.25) is 0 Å². The van der Waals surface area contributed by atoms with Crippen molar-refractivity contribution >= 4 is 18.1 Å². The van der Waals surface area contributed by atoms with Gasteiger partial charge in [0.15, 0.2) is 0 Å². The van der Waals surface area contributed by atoms with Gasteiger partial charge in [-0.1, -0.05) is 74.6 Å². The van der Waals surface area contributed by atoms with Crippen LogP contribution in [-0.2, 0) is 17.6 Å². The van der Waals surface area contributed by atoms with E-state index in [0.717, 1.165) is 17.6 Å². The number of ether oxygens (including phenoxy) is 1. The topological polar surface area (TPSA) is 64.4 Å². The summed E-state index contributed by atoms with van der Waals surface area (Å²) in [4.78, 5) is 35.1. The molecule has 1 amide bonds. The Bertz CT molecular complexity index is 1780. The second-order valence-corrected chi connectivity index (χ2v) is 10.8. The van der Waals surface area contributed by atoms with Gasteiger partial charge in [-0.05, 0) is 94.1 Å². The first kappa shape index (κ1) is 35.7. The maximum Gasteiger partial charge on any atom is 0.266 e. The van der Waals surface area contributed by atoms with E-state index >= 15 is 0 Å². The van der Waals surface area contributed by atoms with Crippen molar-refractivity contribution in [1.82, 2.24) is 14.5 Å². The van der Waals surface area contributed by atoms with E-state index < -0.39 is 6.04 Å². The molecule has 0 bridgehead atoms. The van der Waals surface area contributed by atoms with Crippen LogP contribution in [0.1, 0.15) is 71.0 Å². The van der Waals surface area contributed by atoms with Crippen molar-refractivity contribution < 1.29 is 13.9 Å². The lowest BCUT2D eigenvalue weighted by atomic mass is 10.0. The molecule has 0 fully saturated rings. The van der Waals surface area contributed by atoms with Gasteiger partial charge in [0.05, 0.1) is 35.3 Å². The van der Waals surface area contributed by atoms with Crippen molar-refractivity contribution in [1.29, 1.82) is 0 Å². The molecule has 3 aromatic rings. The molecule has 0 aliphatic carbocycles. The summed E-state index contributed by atoms with van der Waals surface area (Å²) < 4.78 is 21.7. The molecule has 1 unspecified atom stereocenters. The molecule has 2 aromatic carbocycles. The van der Waals surface area contributed by atoms with Crippen molar-refractivity contribution in [3.8, 4) is 11.4 Å². The number of benzene rings is 2. The minimum absolute atomic E-state index is 0.0687. The minimum atomic E-state index is -0.621. The van der Waals surface area contributed by atoms with Crippen LogP contribution in [0.25, 0.3) is 17.8 Å². The van der Waals surface area contributed by atoms with Gasteiger partial charge in [-0.15, -0.1) is 0 Å². The summed E-state index contributed by atoms with van der Waals surface area (Å²) in [5, 5.41) is 0.904. The molecule has 0 spiro atoms. The molecule has 7 heteroatoms. The molecule has 0 saturated heterocycles. The zero-order chi connectivity index (χ0) is 33.6. The van der Waals surface area contributed by atoms with Crippen molar-refractivity contribution in [3.05, 3.63) is 135 Å². The molecular weight excluding hydrogens is 577 g/mol. The van der Waals surface area contributed by atoms with Crippen molar-refractivity contribution in [2.24, 2.45) is 0 Å². The lowest BCUT2D eigenvalue weighted by molar-refractivity contribution is -0.132. The Labute approximate surface area is 272 Å². The van der Waals surface area contributed by atoms with E-state index in [-0.39, 0.29) is 30.2 Å². The van der Waals surface area contributed by atoms with Crippen molar-refractivity contribution in [2.45, 2.75) is 66.8 Å². The number of allylic oxidation sites excluding steroid dienone is 5. The van der Waals surface area contributed by atoms with Crippen LogP contribution in [0.15, 0.2) is 95.9 Å². The predicted octanol–water partition coefficient (Wildman–Crippen LogP) is 6.70. The Kier molecular flexibility index (Phi) is 13.7. The fourth-order valence-electron chi connectivity index (χ4n) is 5.23. The SMILES string of the molecule is C=C/C=c1/c(=O)n(-c2ccc(OCC)cc2)c(C(C)N(CC(/C=C\C=CC)=C/C)C(=O)Cc2ccc(F)c(CCC)c2)n/c1=C/C. The summed E-state index contributed by atoms with van der Waals surface area (Å²) in [7, 11) is 0. The molecule has 0 N–H and O–H groups in total.